The lowest BCUT2D eigenvalue weighted by Gasteiger charge is -2.13. The van der Waals surface area contributed by atoms with Crippen LogP contribution in [-0.2, 0) is 35.6 Å². The van der Waals surface area contributed by atoms with Gasteiger partial charge in [0, 0.05) is 18.4 Å². The summed E-state index contributed by atoms with van der Waals surface area (Å²) in [6, 6.07) is 25.5. The highest BCUT2D eigenvalue weighted by Crippen LogP contribution is 2.23. The van der Waals surface area contributed by atoms with Crippen LogP contribution in [0.1, 0.15) is 34.6 Å². The fraction of sp³-hybridized carbons (Fsp3) is 0.241. The van der Waals surface area contributed by atoms with E-state index in [-0.39, 0.29) is 6.42 Å². The lowest BCUT2D eigenvalue weighted by Crippen LogP contribution is -2.06. The Balaban J connectivity index is 1.38. The number of carboxylic acids is 1. The molecule has 3 aromatic carbocycles. The van der Waals surface area contributed by atoms with Crippen LogP contribution in [-0.4, -0.2) is 22.7 Å². The summed E-state index contributed by atoms with van der Waals surface area (Å²) < 4.78 is 17.8. The van der Waals surface area contributed by atoms with Crippen molar-refractivity contribution >= 4 is 5.97 Å². The van der Waals surface area contributed by atoms with Crippen molar-refractivity contribution in [2.45, 2.75) is 39.4 Å². The van der Waals surface area contributed by atoms with Crippen LogP contribution < -0.4 is 4.74 Å². The Labute approximate surface area is 205 Å². The predicted molar refractivity (Wildman–Crippen MR) is 133 cm³/mol. The Kier molecular flexibility index (Phi) is 8.30. The highest BCUT2D eigenvalue weighted by Gasteiger charge is 2.12. The van der Waals surface area contributed by atoms with Gasteiger partial charge in [-0.25, -0.2) is 4.98 Å². The third-order valence-corrected chi connectivity index (χ3v) is 5.68. The SMILES string of the molecule is Cc1oc(-c2ccccc2)nc1CCOc1ccc(CCC(=O)O)c(COCc2ccccc2)c1. The Morgan fingerprint density at radius 2 is 1.66 bits per heavy atom. The van der Waals surface area contributed by atoms with Gasteiger partial charge in [-0.2, -0.15) is 0 Å². The molecule has 4 rings (SSSR count). The van der Waals surface area contributed by atoms with E-state index in [0.717, 1.165) is 33.7 Å². The molecule has 1 aromatic heterocycles. The molecule has 180 valence electrons. The molecular formula is C29H29NO5. The maximum atomic E-state index is 11.1. The van der Waals surface area contributed by atoms with Gasteiger partial charge in [-0.05, 0) is 54.3 Å². The van der Waals surface area contributed by atoms with Crippen LogP contribution in [0.15, 0.2) is 83.3 Å². The fourth-order valence-corrected chi connectivity index (χ4v) is 3.79. The van der Waals surface area contributed by atoms with Crippen molar-refractivity contribution in [1.82, 2.24) is 4.98 Å². The first-order valence-electron chi connectivity index (χ1n) is 11.7. The van der Waals surface area contributed by atoms with E-state index in [4.69, 9.17) is 19.0 Å². The van der Waals surface area contributed by atoms with Gasteiger partial charge in [0.2, 0.25) is 5.89 Å². The molecule has 0 unspecified atom stereocenters. The molecule has 0 aliphatic rings. The number of oxazole rings is 1. The van der Waals surface area contributed by atoms with Gasteiger partial charge in [-0.3, -0.25) is 4.79 Å². The zero-order chi connectivity index (χ0) is 24.5. The molecule has 6 nitrogen and oxygen atoms in total. The van der Waals surface area contributed by atoms with Crippen LogP contribution >= 0.6 is 0 Å². The van der Waals surface area contributed by atoms with E-state index in [2.05, 4.69) is 4.98 Å². The molecule has 0 fully saturated rings. The van der Waals surface area contributed by atoms with Gasteiger partial charge >= 0.3 is 5.97 Å². The molecule has 0 saturated carbocycles. The van der Waals surface area contributed by atoms with Crippen molar-refractivity contribution in [2.24, 2.45) is 0 Å². The maximum absolute atomic E-state index is 11.1. The molecule has 0 aliphatic heterocycles. The summed E-state index contributed by atoms with van der Waals surface area (Å²) >= 11 is 0. The monoisotopic (exact) mass is 471 g/mol. The second-order valence-electron chi connectivity index (χ2n) is 8.29. The molecule has 0 amide bonds. The minimum atomic E-state index is -0.820. The molecule has 1 N–H and O–H groups in total. The molecule has 0 bridgehead atoms. The Bertz CT molecular complexity index is 1230. The normalized spacial score (nSPS) is 10.9. The maximum Gasteiger partial charge on any atom is 0.303 e. The Hall–Kier alpha value is -3.90. The number of carboxylic acid groups (broad SMARTS) is 1. The number of benzene rings is 3. The van der Waals surface area contributed by atoms with Gasteiger partial charge in [-0.1, -0.05) is 54.6 Å². The van der Waals surface area contributed by atoms with Crippen molar-refractivity contribution in [2.75, 3.05) is 6.61 Å². The number of rotatable bonds is 12. The number of nitrogens with zero attached hydrogens (tertiary/aromatic N) is 1. The van der Waals surface area contributed by atoms with Crippen LogP contribution in [0.4, 0.5) is 0 Å². The van der Waals surface area contributed by atoms with E-state index in [1.807, 2.05) is 85.8 Å². The van der Waals surface area contributed by atoms with E-state index in [0.29, 0.717) is 44.3 Å². The van der Waals surface area contributed by atoms with E-state index in [9.17, 15) is 4.79 Å². The van der Waals surface area contributed by atoms with Crippen molar-refractivity contribution < 1.29 is 23.8 Å². The Morgan fingerprint density at radius 1 is 0.914 bits per heavy atom. The third kappa shape index (κ3) is 7.04. The first-order valence-corrected chi connectivity index (χ1v) is 11.7. The number of carbonyl (C=O) groups is 1. The van der Waals surface area contributed by atoms with Crippen LogP contribution in [0, 0.1) is 6.92 Å². The van der Waals surface area contributed by atoms with E-state index < -0.39 is 5.97 Å². The molecule has 6 heteroatoms. The molecule has 0 atom stereocenters. The summed E-state index contributed by atoms with van der Waals surface area (Å²) in [5, 5.41) is 9.10. The van der Waals surface area contributed by atoms with Gasteiger partial charge < -0.3 is 19.0 Å². The molecule has 0 aliphatic carbocycles. The average Bonchev–Trinajstić information content (AvgIpc) is 3.25. The minimum Gasteiger partial charge on any atom is -0.493 e. The van der Waals surface area contributed by atoms with Crippen LogP contribution in [0.3, 0.4) is 0 Å². The minimum absolute atomic E-state index is 0.0705. The lowest BCUT2D eigenvalue weighted by molar-refractivity contribution is -0.136. The summed E-state index contributed by atoms with van der Waals surface area (Å²) in [6.07, 6.45) is 1.13. The summed E-state index contributed by atoms with van der Waals surface area (Å²) in [5.41, 5.74) is 4.79. The Morgan fingerprint density at radius 3 is 2.40 bits per heavy atom. The standard InChI is InChI=1S/C29H29NO5/c1-21-27(30-29(35-21)24-10-6-3-7-11-24)16-17-34-26-14-12-23(13-15-28(31)32)25(18-26)20-33-19-22-8-4-2-5-9-22/h2-12,14,18H,13,15-17,19-20H2,1H3,(H,31,32). The molecule has 0 radical (unpaired) electrons. The molecular weight excluding hydrogens is 442 g/mol. The topological polar surface area (TPSA) is 81.8 Å². The first kappa shape index (κ1) is 24.2. The zero-order valence-electron chi connectivity index (χ0n) is 19.8. The number of aryl methyl sites for hydroxylation is 2. The summed E-state index contributed by atoms with van der Waals surface area (Å²) in [5.74, 6) is 1.29. The molecule has 0 spiro atoms. The van der Waals surface area contributed by atoms with Gasteiger partial charge in [-0.15, -0.1) is 0 Å². The van der Waals surface area contributed by atoms with Gasteiger partial charge in [0.25, 0.3) is 0 Å². The van der Waals surface area contributed by atoms with Gasteiger partial charge in [0.05, 0.1) is 25.5 Å². The molecule has 4 aromatic rings. The number of aromatic nitrogens is 1. The van der Waals surface area contributed by atoms with E-state index >= 15 is 0 Å². The van der Waals surface area contributed by atoms with E-state index in [1.165, 1.54) is 0 Å². The largest absolute Gasteiger partial charge is 0.493 e. The summed E-state index contributed by atoms with van der Waals surface area (Å²) in [7, 11) is 0. The number of aliphatic carboxylic acids is 1. The van der Waals surface area contributed by atoms with Crippen molar-refractivity contribution in [1.29, 1.82) is 0 Å². The van der Waals surface area contributed by atoms with E-state index in [1.54, 1.807) is 0 Å². The number of ether oxygens (including phenoxy) is 2. The zero-order valence-corrected chi connectivity index (χ0v) is 19.8. The van der Waals surface area contributed by atoms with Gasteiger partial charge in [0.15, 0.2) is 0 Å². The highest BCUT2D eigenvalue weighted by atomic mass is 16.5. The second kappa shape index (κ2) is 12.0. The third-order valence-electron chi connectivity index (χ3n) is 5.68. The van der Waals surface area contributed by atoms with Crippen molar-refractivity contribution in [3.63, 3.8) is 0 Å². The molecule has 1 heterocycles. The average molecular weight is 472 g/mol. The first-order chi connectivity index (χ1) is 17.1. The summed E-state index contributed by atoms with van der Waals surface area (Å²) in [6.45, 7) is 3.22. The quantitative estimate of drug-likeness (QED) is 0.273. The van der Waals surface area contributed by atoms with Crippen molar-refractivity contribution in [3.05, 3.63) is 107 Å². The van der Waals surface area contributed by atoms with Crippen LogP contribution in [0.25, 0.3) is 11.5 Å². The van der Waals surface area contributed by atoms with Gasteiger partial charge in [0.1, 0.15) is 11.5 Å². The fourth-order valence-electron chi connectivity index (χ4n) is 3.79. The lowest BCUT2D eigenvalue weighted by atomic mass is 10.0. The second-order valence-corrected chi connectivity index (χ2v) is 8.29. The smallest absolute Gasteiger partial charge is 0.303 e. The van der Waals surface area contributed by atoms with Crippen LogP contribution in [0.5, 0.6) is 5.75 Å². The highest BCUT2D eigenvalue weighted by molar-refractivity contribution is 5.67. The molecule has 0 saturated heterocycles. The number of hydrogen-bond acceptors (Lipinski definition) is 5. The predicted octanol–water partition coefficient (Wildman–Crippen LogP) is 6.01. The van der Waals surface area contributed by atoms with Crippen LogP contribution in [0.2, 0.25) is 0 Å². The van der Waals surface area contributed by atoms with Crippen molar-refractivity contribution in [3.8, 4) is 17.2 Å². The molecule has 35 heavy (non-hydrogen) atoms. The summed E-state index contributed by atoms with van der Waals surface area (Å²) in [4.78, 5) is 15.7. The number of hydrogen-bond donors (Lipinski definition) is 1.